The van der Waals surface area contributed by atoms with Gasteiger partial charge in [0.2, 0.25) is 0 Å². The molecule has 2 saturated heterocycles. The first-order valence-corrected chi connectivity index (χ1v) is 7.50. The quantitative estimate of drug-likeness (QED) is 0.618. The summed E-state index contributed by atoms with van der Waals surface area (Å²) in [5, 5.41) is 14.7. The lowest BCUT2D eigenvalue weighted by Crippen LogP contribution is -2.75. The molecule has 3 aliphatic rings. The van der Waals surface area contributed by atoms with Crippen molar-refractivity contribution >= 4 is 18.8 Å². The molecule has 6 nitrogen and oxygen atoms in total. The van der Waals surface area contributed by atoms with Crippen LogP contribution in [0, 0.1) is 16.7 Å². The highest BCUT2D eigenvalue weighted by atomic mass is 16.6. The van der Waals surface area contributed by atoms with Gasteiger partial charge in [-0.25, -0.2) is 4.79 Å². The first-order chi connectivity index (χ1) is 9.70. The molecule has 0 radical (unpaired) electrons. The second-order valence-electron chi connectivity index (χ2n) is 7.41. The van der Waals surface area contributed by atoms with Gasteiger partial charge in [0.25, 0.3) is 0 Å². The van der Waals surface area contributed by atoms with E-state index < -0.39 is 5.60 Å². The molecule has 2 N–H and O–H groups in total. The van der Waals surface area contributed by atoms with Crippen LogP contribution in [0.4, 0.5) is 4.79 Å². The molecule has 3 rings (SSSR count). The molecule has 0 spiro atoms. The smallest absolute Gasteiger partial charge is 0.411 e. The van der Waals surface area contributed by atoms with Gasteiger partial charge in [0.1, 0.15) is 5.60 Å². The summed E-state index contributed by atoms with van der Waals surface area (Å²) in [5.74, 6) is 0.556. The molecule has 1 aliphatic carbocycles. The van der Waals surface area contributed by atoms with Crippen LogP contribution in [0.1, 0.15) is 47.0 Å². The molecule has 0 aromatic heterocycles. The number of hydrogen-bond acceptors (Lipinski definition) is 4. The molecule has 21 heavy (non-hydrogen) atoms. The van der Waals surface area contributed by atoms with Crippen LogP contribution >= 0.6 is 0 Å². The SMILES string of the molecule is CC1CC2CC(CN(C=N)C=N)(C1)N2C(=O)OC(C)(C)C. The Bertz CT molecular complexity index is 437. The van der Waals surface area contributed by atoms with E-state index in [9.17, 15) is 4.79 Å². The Morgan fingerprint density at radius 3 is 2.52 bits per heavy atom. The standard InChI is InChI=1S/C15H26N4O2/c1-11-5-12-7-15(6-11,8-18(9-16)10-17)19(12)13(20)21-14(2,3)4/h9-12,16-17H,5-8H2,1-4H3. The Morgan fingerprint density at radius 2 is 2.00 bits per heavy atom. The maximum absolute atomic E-state index is 12.5. The fourth-order valence-electron chi connectivity index (χ4n) is 3.80. The minimum absolute atomic E-state index is 0.238. The zero-order chi connectivity index (χ0) is 15.8. The summed E-state index contributed by atoms with van der Waals surface area (Å²) in [7, 11) is 0. The highest BCUT2D eigenvalue weighted by Crippen LogP contribution is 2.50. The third kappa shape index (κ3) is 3.04. The number of hydrogen-bond donors (Lipinski definition) is 2. The number of rotatable bonds is 4. The Hall–Kier alpha value is -1.59. The van der Waals surface area contributed by atoms with E-state index in [0.29, 0.717) is 12.5 Å². The van der Waals surface area contributed by atoms with Crippen LogP contribution in [0.15, 0.2) is 0 Å². The van der Waals surface area contributed by atoms with E-state index in [0.717, 1.165) is 31.9 Å². The molecule has 2 bridgehead atoms. The van der Waals surface area contributed by atoms with E-state index in [1.165, 1.54) is 4.90 Å². The van der Waals surface area contributed by atoms with Gasteiger partial charge in [0, 0.05) is 12.6 Å². The van der Waals surface area contributed by atoms with E-state index in [1.54, 1.807) is 0 Å². The monoisotopic (exact) mass is 294 g/mol. The lowest BCUT2D eigenvalue weighted by atomic mass is 9.64. The van der Waals surface area contributed by atoms with Crippen LogP contribution in [0.3, 0.4) is 0 Å². The van der Waals surface area contributed by atoms with Gasteiger partial charge < -0.3 is 9.64 Å². The minimum Gasteiger partial charge on any atom is -0.444 e. The molecule has 1 saturated carbocycles. The summed E-state index contributed by atoms with van der Waals surface area (Å²) in [6.45, 7) is 8.32. The average Bonchev–Trinajstić information content (AvgIpc) is 2.32. The van der Waals surface area contributed by atoms with Gasteiger partial charge in [-0.1, -0.05) is 6.92 Å². The lowest BCUT2D eigenvalue weighted by molar-refractivity contribution is -0.125. The van der Waals surface area contributed by atoms with E-state index in [1.807, 2.05) is 25.7 Å². The fourth-order valence-corrected chi connectivity index (χ4v) is 3.80. The second kappa shape index (κ2) is 5.31. The Labute approximate surface area is 126 Å². The van der Waals surface area contributed by atoms with Crippen LogP contribution in [-0.4, -0.2) is 52.3 Å². The van der Waals surface area contributed by atoms with Crippen LogP contribution in [0.2, 0.25) is 0 Å². The zero-order valence-electron chi connectivity index (χ0n) is 13.3. The fraction of sp³-hybridized carbons (Fsp3) is 0.800. The molecular weight excluding hydrogens is 268 g/mol. The second-order valence-corrected chi connectivity index (χ2v) is 7.41. The molecule has 2 heterocycles. The summed E-state index contributed by atoms with van der Waals surface area (Å²) in [5.41, 5.74) is -0.795. The third-order valence-electron chi connectivity index (χ3n) is 4.29. The van der Waals surface area contributed by atoms with Gasteiger partial charge in [-0.15, -0.1) is 0 Å². The largest absolute Gasteiger partial charge is 0.444 e. The van der Waals surface area contributed by atoms with Crippen molar-refractivity contribution in [2.75, 3.05) is 6.54 Å². The number of carbonyl (C=O) groups is 1. The first kappa shape index (κ1) is 15.8. The predicted molar refractivity (Wildman–Crippen MR) is 81.9 cm³/mol. The molecule has 1 amide bonds. The van der Waals surface area contributed by atoms with Gasteiger partial charge in [-0.05, 0) is 46.0 Å². The van der Waals surface area contributed by atoms with Gasteiger partial charge >= 0.3 is 6.09 Å². The summed E-state index contributed by atoms with van der Waals surface area (Å²) < 4.78 is 5.54. The van der Waals surface area contributed by atoms with Crippen LogP contribution in [0.25, 0.3) is 0 Å². The maximum atomic E-state index is 12.5. The molecule has 2 aliphatic heterocycles. The number of ether oxygens (including phenoxy) is 1. The predicted octanol–water partition coefficient (Wildman–Crippen LogP) is 2.68. The van der Waals surface area contributed by atoms with Gasteiger partial charge in [0.15, 0.2) is 0 Å². The summed E-state index contributed by atoms with van der Waals surface area (Å²) in [4.78, 5) is 15.9. The van der Waals surface area contributed by atoms with Crippen molar-refractivity contribution < 1.29 is 9.53 Å². The van der Waals surface area contributed by atoms with Gasteiger partial charge in [-0.3, -0.25) is 15.7 Å². The molecule has 3 fully saturated rings. The van der Waals surface area contributed by atoms with E-state index in [2.05, 4.69) is 6.92 Å². The number of fused-ring (bicyclic) bond motifs is 2. The topological polar surface area (TPSA) is 80.5 Å². The van der Waals surface area contributed by atoms with Crippen LogP contribution in [0.5, 0.6) is 0 Å². The van der Waals surface area contributed by atoms with Crippen molar-refractivity contribution in [3.05, 3.63) is 0 Å². The van der Waals surface area contributed by atoms with Gasteiger partial charge in [0.05, 0.1) is 18.2 Å². The van der Waals surface area contributed by atoms with E-state index in [-0.39, 0.29) is 17.7 Å². The van der Waals surface area contributed by atoms with Crippen LogP contribution in [-0.2, 0) is 4.74 Å². The highest BCUT2D eigenvalue weighted by Gasteiger charge is 2.59. The van der Waals surface area contributed by atoms with Crippen molar-refractivity contribution in [1.82, 2.24) is 9.80 Å². The molecule has 6 heteroatoms. The minimum atomic E-state index is -0.503. The zero-order valence-corrected chi connectivity index (χ0v) is 13.3. The number of amides is 1. The Kier molecular flexibility index (Phi) is 4.00. The van der Waals surface area contributed by atoms with Crippen molar-refractivity contribution in [3.8, 4) is 0 Å². The number of nitrogens with one attached hydrogen (secondary N) is 2. The summed E-state index contributed by atoms with van der Waals surface area (Å²) in [6, 6.07) is 0.238. The molecule has 3 atom stereocenters. The normalized spacial score (nSPS) is 31.1. The maximum Gasteiger partial charge on any atom is 0.411 e. The first-order valence-electron chi connectivity index (χ1n) is 7.50. The Morgan fingerprint density at radius 1 is 1.38 bits per heavy atom. The van der Waals surface area contributed by atoms with Crippen LogP contribution < -0.4 is 0 Å². The van der Waals surface area contributed by atoms with E-state index in [4.69, 9.17) is 15.6 Å². The lowest BCUT2D eigenvalue weighted by Gasteiger charge is -2.63. The number of nitrogens with zero attached hydrogens (tertiary/aromatic N) is 2. The molecule has 118 valence electrons. The van der Waals surface area contributed by atoms with Crippen molar-refractivity contribution in [3.63, 3.8) is 0 Å². The molecular formula is C15H26N4O2. The van der Waals surface area contributed by atoms with Crippen molar-refractivity contribution in [2.45, 2.75) is 64.1 Å². The highest BCUT2D eigenvalue weighted by molar-refractivity contribution is 5.74. The number of piperidine rings is 1. The summed E-state index contributed by atoms with van der Waals surface area (Å²) in [6.07, 6.45) is 4.87. The summed E-state index contributed by atoms with van der Waals surface area (Å²) >= 11 is 0. The molecule has 3 unspecified atom stereocenters. The van der Waals surface area contributed by atoms with Gasteiger partial charge in [-0.2, -0.15) is 0 Å². The molecule has 0 aromatic carbocycles. The molecule has 0 aromatic rings. The van der Waals surface area contributed by atoms with Crippen molar-refractivity contribution in [2.24, 2.45) is 5.92 Å². The average molecular weight is 294 g/mol. The third-order valence-corrected chi connectivity index (χ3v) is 4.29. The Balaban J connectivity index is 2.17. The number of carbonyl (C=O) groups excluding carboxylic acids is 1. The van der Waals surface area contributed by atoms with E-state index >= 15 is 0 Å². The van der Waals surface area contributed by atoms with Crippen molar-refractivity contribution in [1.29, 1.82) is 10.8 Å².